The van der Waals surface area contributed by atoms with Crippen molar-refractivity contribution in [1.82, 2.24) is 0 Å². The van der Waals surface area contributed by atoms with Crippen LogP contribution in [0.2, 0.25) is 0 Å². The number of rotatable bonds is 1. The molecular formula is C6H9BF3KS. The van der Waals surface area contributed by atoms with E-state index in [9.17, 15) is 12.9 Å². The van der Waals surface area contributed by atoms with Gasteiger partial charge in [-0.25, -0.2) is 0 Å². The molecule has 0 aromatic rings. The molecule has 0 atom stereocenters. The average molecular weight is 220 g/mol. The second-order valence-corrected chi connectivity index (χ2v) is 3.79. The van der Waals surface area contributed by atoms with Crippen LogP contribution < -0.4 is 51.4 Å². The van der Waals surface area contributed by atoms with Gasteiger partial charge in [0.2, 0.25) is 0 Å². The first-order valence-electron chi connectivity index (χ1n) is 3.56. The quantitative estimate of drug-likeness (QED) is 0.553. The summed E-state index contributed by atoms with van der Waals surface area (Å²) >= 11 is 1.72. The maximum absolute atomic E-state index is 11.8. The van der Waals surface area contributed by atoms with E-state index in [0.29, 0.717) is 24.4 Å². The van der Waals surface area contributed by atoms with Crippen LogP contribution in [0.5, 0.6) is 0 Å². The van der Waals surface area contributed by atoms with Gasteiger partial charge in [-0.1, -0.05) is 0 Å². The zero-order valence-electron chi connectivity index (χ0n) is 7.03. The molecule has 1 heterocycles. The molecule has 1 fully saturated rings. The monoisotopic (exact) mass is 220 g/mol. The van der Waals surface area contributed by atoms with E-state index in [2.05, 4.69) is 0 Å². The third-order valence-electron chi connectivity index (χ3n) is 1.56. The molecule has 0 N–H and O–H groups in total. The van der Waals surface area contributed by atoms with Crippen molar-refractivity contribution in [1.29, 1.82) is 0 Å². The van der Waals surface area contributed by atoms with Crippen molar-refractivity contribution in [2.45, 2.75) is 12.8 Å². The van der Waals surface area contributed by atoms with E-state index in [1.165, 1.54) is 0 Å². The van der Waals surface area contributed by atoms with E-state index >= 15 is 0 Å². The molecule has 0 amide bonds. The molecule has 12 heavy (non-hydrogen) atoms. The summed E-state index contributed by atoms with van der Waals surface area (Å²) in [5, 5.41) is 0. The van der Waals surface area contributed by atoms with E-state index in [1.54, 1.807) is 11.8 Å². The molecule has 0 aromatic heterocycles. The molecule has 0 spiro atoms. The number of thioether (sulfide) groups is 1. The van der Waals surface area contributed by atoms with Gasteiger partial charge in [-0.05, 0) is 24.3 Å². The topological polar surface area (TPSA) is 0 Å². The fourth-order valence-electron chi connectivity index (χ4n) is 1.07. The Morgan fingerprint density at radius 3 is 2.08 bits per heavy atom. The predicted molar refractivity (Wildman–Crippen MR) is 43.7 cm³/mol. The van der Waals surface area contributed by atoms with Crippen molar-refractivity contribution >= 4 is 18.7 Å². The van der Waals surface area contributed by atoms with Gasteiger partial charge in [0, 0.05) is 0 Å². The zero-order valence-corrected chi connectivity index (χ0v) is 11.0. The van der Waals surface area contributed by atoms with Gasteiger partial charge in [-0.2, -0.15) is 11.8 Å². The van der Waals surface area contributed by atoms with Gasteiger partial charge in [0.25, 0.3) is 0 Å². The first kappa shape index (κ1) is 13.6. The molecule has 0 aromatic carbocycles. The van der Waals surface area contributed by atoms with Crippen LogP contribution in [0.4, 0.5) is 12.9 Å². The third kappa shape index (κ3) is 6.10. The fourth-order valence-corrected chi connectivity index (χ4v) is 2.08. The first-order chi connectivity index (χ1) is 5.08. The van der Waals surface area contributed by atoms with Crippen LogP contribution in [0.1, 0.15) is 12.8 Å². The molecule has 0 saturated carbocycles. The summed E-state index contributed by atoms with van der Waals surface area (Å²) in [5.74, 6) is 2.20. The summed E-state index contributed by atoms with van der Waals surface area (Å²) < 4.78 is 35.5. The minimum atomic E-state index is -4.70. The van der Waals surface area contributed by atoms with Crippen molar-refractivity contribution in [3.63, 3.8) is 0 Å². The molecule has 1 saturated heterocycles. The van der Waals surface area contributed by atoms with Crippen molar-refractivity contribution in [3.05, 3.63) is 11.5 Å². The minimum absolute atomic E-state index is 0. The average Bonchev–Trinajstić information content (AvgIpc) is 1.85. The molecule has 0 aliphatic carbocycles. The van der Waals surface area contributed by atoms with Gasteiger partial charge in [0.05, 0.1) is 0 Å². The zero-order chi connectivity index (χ0) is 8.32. The Kier molecular flexibility index (Phi) is 6.95. The van der Waals surface area contributed by atoms with Crippen molar-refractivity contribution in [2.75, 3.05) is 11.5 Å². The molecule has 6 heteroatoms. The molecule has 0 unspecified atom stereocenters. The predicted octanol–water partition coefficient (Wildman–Crippen LogP) is -0.170. The number of allylic oxidation sites excluding steroid dienone is 1. The smallest absolute Gasteiger partial charge is 0.445 e. The van der Waals surface area contributed by atoms with E-state index in [4.69, 9.17) is 0 Å². The molecule has 0 radical (unpaired) electrons. The normalized spacial score (nSPS) is 18.4. The number of halogens is 3. The van der Waals surface area contributed by atoms with Gasteiger partial charge in [-0.15, -0.1) is 11.5 Å². The van der Waals surface area contributed by atoms with Crippen molar-refractivity contribution < 1.29 is 64.3 Å². The maximum atomic E-state index is 11.8. The first-order valence-corrected chi connectivity index (χ1v) is 4.72. The molecule has 1 rings (SSSR count). The fraction of sp³-hybridized carbons (Fsp3) is 0.667. The summed E-state index contributed by atoms with van der Waals surface area (Å²) in [6.45, 7) is -4.70. The van der Waals surface area contributed by atoms with Crippen molar-refractivity contribution in [3.8, 4) is 0 Å². The minimum Gasteiger partial charge on any atom is -0.445 e. The second-order valence-electron chi connectivity index (χ2n) is 2.56. The second kappa shape index (κ2) is 6.14. The SMILES string of the molecule is F[B-](F)(F)C=C1CCSCC1.[K+]. The van der Waals surface area contributed by atoms with E-state index in [-0.39, 0.29) is 51.4 Å². The Morgan fingerprint density at radius 2 is 1.67 bits per heavy atom. The van der Waals surface area contributed by atoms with Crippen LogP contribution in [0.15, 0.2) is 11.5 Å². The number of hydrogen-bond donors (Lipinski definition) is 0. The molecule has 1 aliphatic heterocycles. The Labute approximate surface area is 117 Å². The Bertz CT molecular complexity index is 161. The largest absolute Gasteiger partial charge is 1.00 e. The van der Waals surface area contributed by atoms with Gasteiger partial charge in [0.1, 0.15) is 0 Å². The van der Waals surface area contributed by atoms with Gasteiger partial charge < -0.3 is 12.9 Å². The maximum Gasteiger partial charge on any atom is 1.00 e. The van der Waals surface area contributed by atoms with Crippen LogP contribution in [-0.2, 0) is 0 Å². The van der Waals surface area contributed by atoms with Crippen LogP contribution in [-0.4, -0.2) is 18.5 Å². The van der Waals surface area contributed by atoms with E-state index in [0.717, 1.165) is 11.5 Å². The van der Waals surface area contributed by atoms with E-state index < -0.39 is 6.98 Å². The molecule has 1 aliphatic rings. The molecular weight excluding hydrogens is 211 g/mol. The standard InChI is InChI=1S/C6H9BF3S.K/c8-7(9,10)5-6-1-3-11-4-2-6;/h5H,1-4H2;/q-1;+1. The molecule has 0 nitrogen and oxygen atoms in total. The van der Waals surface area contributed by atoms with Crippen LogP contribution in [0, 0.1) is 0 Å². The Balaban J connectivity index is 0.00000121. The number of hydrogen-bond acceptors (Lipinski definition) is 1. The van der Waals surface area contributed by atoms with E-state index in [1.807, 2.05) is 0 Å². The Hall–Kier alpha value is 1.58. The van der Waals surface area contributed by atoms with Gasteiger partial charge >= 0.3 is 58.4 Å². The molecule has 64 valence electrons. The third-order valence-corrected chi connectivity index (χ3v) is 2.55. The van der Waals surface area contributed by atoms with Gasteiger partial charge in [0.15, 0.2) is 0 Å². The summed E-state index contributed by atoms with van der Waals surface area (Å²) in [7, 11) is 0. The van der Waals surface area contributed by atoms with Crippen molar-refractivity contribution in [2.24, 2.45) is 0 Å². The summed E-state index contributed by atoms with van der Waals surface area (Å²) in [5.41, 5.74) is 0.580. The van der Waals surface area contributed by atoms with Crippen LogP contribution in [0.3, 0.4) is 0 Å². The summed E-state index contributed by atoms with van der Waals surface area (Å²) in [6, 6.07) is 0. The van der Waals surface area contributed by atoms with Crippen LogP contribution >= 0.6 is 11.8 Å². The molecule has 0 bridgehead atoms. The summed E-state index contributed by atoms with van der Waals surface area (Å²) in [6.07, 6.45) is 1.23. The van der Waals surface area contributed by atoms with Gasteiger partial charge in [-0.3, -0.25) is 0 Å². The summed E-state index contributed by atoms with van der Waals surface area (Å²) in [4.78, 5) is 0. The Morgan fingerprint density at radius 1 is 1.17 bits per heavy atom. The van der Waals surface area contributed by atoms with Crippen LogP contribution in [0.25, 0.3) is 0 Å².